The van der Waals surface area contributed by atoms with Crippen LogP contribution in [0.25, 0.3) is 5.32 Å². The molecule has 0 aromatic rings. The molecule has 1 unspecified atom stereocenters. The second-order valence-electron chi connectivity index (χ2n) is 6.24. The largest absolute Gasteiger partial charge is 3.00 e. The van der Waals surface area contributed by atoms with Gasteiger partial charge in [0, 0.05) is 0 Å². The van der Waals surface area contributed by atoms with Crippen molar-refractivity contribution in [2.24, 2.45) is 0 Å². The van der Waals surface area contributed by atoms with Gasteiger partial charge in [0.2, 0.25) is 0 Å². The monoisotopic (exact) mass is 415 g/mol. The molecule has 0 saturated carbocycles. The minimum absolute atomic E-state index is 0. The predicted molar refractivity (Wildman–Crippen MR) is 89.0 cm³/mol. The third-order valence-corrected chi connectivity index (χ3v) is 4.08. The molecule has 1 aliphatic rings. The van der Waals surface area contributed by atoms with Crippen molar-refractivity contribution in [2.75, 3.05) is 59.9 Å². The van der Waals surface area contributed by atoms with Gasteiger partial charge in [0.05, 0.1) is 0 Å². The molecule has 8 heteroatoms. The number of hydrogen-bond donors (Lipinski definition) is 1. The van der Waals surface area contributed by atoms with E-state index in [0.29, 0.717) is 0 Å². The molecule has 1 aliphatic heterocycles. The molecule has 1 N–H and O–H groups in total. The van der Waals surface area contributed by atoms with Gasteiger partial charge in [0.15, 0.2) is 0 Å². The molecule has 1 saturated heterocycles. The average Bonchev–Trinajstić information content (AvgIpc) is 2.43. The summed E-state index contributed by atoms with van der Waals surface area (Å²) in [7, 11) is 4.38. The van der Waals surface area contributed by atoms with E-state index < -0.39 is 0 Å². The summed E-state index contributed by atoms with van der Waals surface area (Å²) in [5.74, 6) is 0.200. The zero-order valence-electron chi connectivity index (χ0n) is 15.4. The van der Waals surface area contributed by atoms with Gasteiger partial charge in [-0.05, 0) is 73.1 Å². The summed E-state index contributed by atoms with van der Waals surface area (Å²) in [6.07, 6.45) is 4.26. The molecule has 24 heavy (non-hydrogen) atoms. The maximum atomic E-state index is 11.6. The van der Waals surface area contributed by atoms with Crippen molar-refractivity contribution in [3.05, 3.63) is 5.32 Å². The van der Waals surface area contributed by atoms with Crippen LogP contribution in [0, 0.1) is 0 Å². The second-order valence-corrected chi connectivity index (χ2v) is 6.24. The molecule has 1 heterocycles. The molecule has 1 rings (SSSR count). The standard InChI is InChI=1S/C16H33N4O.2ClH.Ti/c1-15(21)16-7-10-17-8-4-11-19(2)13-6-14-20(3)12-5-9-18-16;;;/h16-17H,4-14H2,1-3H3;2*1H;/q-1;;;+3/p-2. The van der Waals surface area contributed by atoms with Gasteiger partial charge >= 0.3 is 21.7 Å². The summed E-state index contributed by atoms with van der Waals surface area (Å²) in [5, 5.41) is 8.01. The van der Waals surface area contributed by atoms with E-state index in [-0.39, 0.29) is 58.4 Å². The minimum atomic E-state index is -0.113. The van der Waals surface area contributed by atoms with E-state index in [1.165, 1.54) is 13.0 Å². The van der Waals surface area contributed by atoms with Gasteiger partial charge in [-0.3, -0.25) is 0 Å². The maximum absolute atomic E-state index is 11.6. The number of ketones is 1. The normalized spacial score (nSPS) is 23.2. The van der Waals surface area contributed by atoms with Crippen molar-refractivity contribution in [3.8, 4) is 0 Å². The Hall–Kier alpha value is 0.804. The molecule has 5 nitrogen and oxygen atoms in total. The Morgan fingerprint density at radius 3 is 2.08 bits per heavy atom. The number of Topliss-reactive ketones (excluding diaryl/α,β-unsaturated/α-hetero) is 1. The molecular formula is C16H33Cl2N4OTi. The Kier molecular flexibility index (Phi) is 22.9. The first-order valence-corrected chi connectivity index (χ1v) is 8.34. The van der Waals surface area contributed by atoms with Gasteiger partial charge in [-0.25, -0.2) is 0 Å². The number of rotatable bonds is 1. The van der Waals surface area contributed by atoms with Gasteiger partial charge in [0.25, 0.3) is 0 Å². The minimum Gasteiger partial charge on any atom is -1.00 e. The van der Waals surface area contributed by atoms with E-state index in [1.54, 1.807) is 6.92 Å². The Bertz CT molecular complexity index is 301. The van der Waals surface area contributed by atoms with E-state index in [9.17, 15) is 4.79 Å². The summed E-state index contributed by atoms with van der Waals surface area (Å²) >= 11 is 0. The fourth-order valence-electron chi connectivity index (χ4n) is 2.68. The molecule has 1 atom stereocenters. The smallest absolute Gasteiger partial charge is 1.00 e. The topological polar surface area (TPSA) is 49.7 Å². The Morgan fingerprint density at radius 1 is 0.958 bits per heavy atom. The SMILES string of the molecule is CC(=O)C1CCNCCCN(C)CCCN(C)CCC[N-]1.[Cl-].[Cl-].[Ti+3]. The number of hydrogen-bond acceptors (Lipinski definition) is 4. The molecule has 0 spiro atoms. The number of nitrogens with zero attached hydrogens (tertiary/aromatic N) is 3. The van der Waals surface area contributed by atoms with E-state index >= 15 is 0 Å². The van der Waals surface area contributed by atoms with E-state index in [2.05, 4.69) is 34.5 Å². The van der Waals surface area contributed by atoms with Gasteiger partial charge in [-0.2, -0.15) is 0 Å². The van der Waals surface area contributed by atoms with Crippen LogP contribution in [-0.2, 0) is 26.5 Å². The zero-order chi connectivity index (χ0) is 15.5. The van der Waals surface area contributed by atoms with E-state index in [4.69, 9.17) is 0 Å². The molecule has 0 aliphatic carbocycles. The van der Waals surface area contributed by atoms with Crippen molar-refractivity contribution in [3.63, 3.8) is 0 Å². The number of halogens is 2. The van der Waals surface area contributed by atoms with Crippen LogP contribution >= 0.6 is 0 Å². The Morgan fingerprint density at radius 2 is 1.50 bits per heavy atom. The molecule has 1 radical (unpaired) electrons. The first-order chi connectivity index (χ1) is 10.1. The summed E-state index contributed by atoms with van der Waals surface area (Å²) in [5.41, 5.74) is 0. The van der Waals surface area contributed by atoms with Gasteiger partial charge in [-0.1, -0.05) is 18.9 Å². The molecule has 0 aromatic carbocycles. The van der Waals surface area contributed by atoms with Crippen LogP contribution in [0.5, 0.6) is 0 Å². The quantitative estimate of drug-likeness (QED) is 0.437. The molecule has 0 aromatic heterocycles. The van der Waals surface area contributed by atoms with E-state index in [0.717, 1.165) is 58.5 Å². The van der Waals surface area contributed by atoms with Crippen molar-refractivity contribution in [1.82, 2.24) is 15.1 Å². The van der Waals surface area contributed by atoms with Gasteiger partial charge in [-0.15, -0.1) is 6.54 Å². The van der Waals surface area contributed by atoms with Crippen LogP contribution in [0.15, 0.2) is 0 Å². The van der Waals surface area contributed by atoms with Gasteiger partial charge in [0.1, 0.15) is 5.78 Å². The van der Waals surface area contributed by atoms with Crippen LogP contribution in [0.3, 0.4) is 0 Å². The van der Waals surface area contributed by atoms with Crippen molar-refractivity contribution < 1.29 is 51.3 Å². The fourth-order valence-corrected chi connectivity index (χ4v) is 2.68. The van der Waals surface area contributed by atoms with Crippen molar-refractivity contribution >= 4 is 5.78 Å². The van der Waals surface area contributed by atoms with Crippen molar-refractivity contribution in [2.45, 2.75) is 38.6 Å². The molecule has 0 bridgehead atoms. The third kappa shape index (κ3) is 15.1. The summed E-state index contributed by atoms with van der Waals surface area (Å²) < 4.78 is 0. The van der Waals surface area contributed by atoms with Crippen LogP contribution in [0.4, 0.5) is 0 Å². The fraction of sp³-hybridized carbons (Fsp3) is 0.938. The summed E-state index contributed by atoms with van der Waals surface area (Å²) in [4.78, 5) is 16.4. The van der Waals surface area contributed by atoms with E-state index in [1.807, 2.05) is 0 Å². The first kappa shape index (κ1) is 29.6. The Balaban J connectivity index is -0.00000147. The van der Waals surface area contributed by atoms with Crippen LogP contribution in [0.1, 0.15) is 32.6 Å². The second kappa shape index (κ2) is 18.6. The maximum Gasteiger partial charge on any atom is 3.00 e. The summed E-state index contributed by atoms with van der Waals surface area (Å²) in [6, 6.07) is -0.113. The van der Waals surface area contributed by atoms with Crippen LogP contribution < -0.4 is 30.1 Å². The average molecular weight is 416 g/mol. The predicted octanol–water partition coefficient (Wildman–Crippen LogP) is -4.65. The molecular weight excluding hydrogens is 383 g/mol. The number of carbonyl (C=O) groups excluding carboxylic acids is 1. The van der Waals surface area contributed by atoms with Gasteiger partial charge < -0.3 is 50.0 Å². The molecule has 141 valence electrons. The summed E-state index contributed by atoms with van der Waals surface area (Å²) in [6.45, 7) is 8.88. The van der Waals surface area contributed by atoms with Crippen molar-refractivity contribution in [1.29, 1.82) is 0 Å². The first-order valence-electron chi connectivity index (χ1n) is 8.34. The van der Waals surface area contributed by atoms with Crippen LogP contribution in [0.2, 0.25) is 0 Å². The van der Waals surface area contributed by atoms with Crippen LogP contribution in [-0.4, -0.2) is 81.5 Å². The number of nitrogens with one attached hydrogen (secondary N) is 1. The number of carbonyl (C=O) groups is 1. The third-order valence-electron chi connectivity index (χ3n) is 4.08. The molecule has 0 amide bonds. The Labute approximate surface area is 175 Å². The molecule has 1 fully saturated rings. The zero-order valence-corrected chi connectivity index (χ0v) is 18.4.